The second kappa shape index (κ2) is 9.95. The molecule has 0 aromatic carbocycles. The van der Waals surface area contributed by atoms with Crippen LogP contribution in [0.15, 0.2) is 0 Å². The van der Waals surface area contributed by atoms with Crippen molar-refractivity contribution < 1.29 is 0 Å². The fraction of sp³-hybridized carbons (Fsp3) is 1.00. The summed E-state index contributed by atoms with van der Waals surface area (Å²) in [5, 5.41) is 0. The molecule has 0 amide bonds. The summed E-state index contributed by atoms with van der Waals surface area (Å²) in [6.07, 6.45) is 7.00. The molecule has 0 radical (unpaired) electrons. The molecule has 4 heterocycles. The van der Waals surface area contributed by atoms with Gasteiger partial charge in [-0.2, -0.15) is 0 Å². The molecule has 4 aliphatic rings. The molecule has 168 valence electrons. The lowest BCUT2D eigenvalue weighted by molar-refractivity contribution is -0.00951. The van der Waals surface area contributed by atoms with Crippen LogP contribution in [0.25, 0.3) is 0 Å². The Balaban J connectivity index is 1.14. The van der Waals surface area contributed by atoms with Gasteiger partial charge in [-0.15, -0.1) is 0 Å². The average Bonchev–Trinajstić information content (AvgIpc) is 2.71. The second-order valence-electron chi connectivity index (χ2n) is 10.9. The van der Waals surface area contributed by atoms with E-state index in [4.69, 9.17) is 0 Å². The van der Waals surface area contributed by atoms with Gasteiger partial charge in [0.15, 0.2) is 0 Å². The number of hydrogen-bond acceptors (Lipinski definition) is 5. The third-order valence-electron chi connectivity index (χ3n) is 8.51. The normalized spacial score (nSPS) is 32.0. The minimum atomic E-state index is 0.712. The predicted molar refractivity (Wildman–Crippen MR) is 123 cm³/mol. The fourth-order valence-corrected chi connectivity index (χ4v) is 6.32. The summed E-state index contributed by atoms with van der Waals surface area (Å²) in [6.45, 7) is 20.3. The van der Waals surface area contributed by atoms with Gasteiger partial charge < -0.3 is 9.80 Å². The van der Waals surface area contributed by atoms with Crippen molar-refractivity contribution in [1.82, 2.24) is 24.5 Å². The molecule has 2 atom stereocenters. The van der Waals surface area contributed by atoms with Crippen molar-refractivity contribution in [1.29, 1.82) is 0 Å². The summed E-state index contributed by atoms with van der Waals surface area (Å²) in [4.78, 5) is 13.5. The number of rotatable bonds is 6. The highest BCUT2D eigenvalue weighted by Gasteiger charge is 2.36. The largest absolute Gasteiger partial charge is 0.304 e. The maximum atomic E-state index is 2.80. The Bertz CT molecular complexity index is 489. The van der Waals surface area contributed by atoms with Crippen molar-refractivity contribution in [2.45, 2.75) is 77.0 Å². The van der Waals surface area contributed by atoms with Crippen LogP contribution in [0.2, 0.25) is 0 Å². The zero-order chi connectivity index (χ0) is 20.4. The summed E-state index contributed by atoms with van der Waals surface area (Å²) in [5.74, 6) is 0.940. The Hall–Kier alpha value is -0.200. The Labute approximate surface area is 180 Å². The predicted octanol–water partition coefficient (Wildman–Crippen LogP) is 2.28. The lowest BCUT2D eigenvalue weighted by Gasteiger charge is -2.50. The molecule has 4 saturated heterocycles. The van der Waals surface area contributed by atoms with E-state index < -0.39 is 0 Å². The molecule has 0 aliphatic carbocycles. The molecule has 5 heteroatoms. The molecule has 0 aromatic rings. The molecule has 4 aliphatic heterocycles. The van der Waals surface area contributed by atoms with Gasteiger partial charge in [-0.05, 0) is 85.5 Å². The second-order valence-corrected chi connectivity index (χ2v) is 10.9. The smallest absolute Gasteiger partial charge is 0.0224 e. The van der Waals surface area contributed by atoms with Gasteiger partial charge in [0.1, 0.15) is 0 Å². The quantitative estimate of drug-likeness (QED) is 0.672. The minimum Gasteiger partial charge on any atom is -0.304 e. The van der Waals surface area contributed by atoms with Gasteiger partial charge in [0.2, 0.25) is 0 Å². The Morgan fingerprint density at radius 1 is 0.690 bits per heavy atom. The van der Waals surface area contributed by atoms with E-state index in [-0.39, 0.29) is 0 Å². The van der Waals surface area contributed by atoms with Gasteiger partial charge >= 0.3 is 0 Å². The fourth-order valence-electron chi connectivity index (χ4n) is 6.32. The molecule has 2 unspecified atom stereocenters. The van der Waals surface area contributed by atoms with E-state index in [9.17, 15) is 0 Å². The van der Waals surface area contributed by atoms with Crippen LogP contribution in [0.1, 0.15) is 52.9 Å². The van der Waals surface area contributed by atoms with E-state index in [2.05, 4.69) is 52.3 Å². The Morgan fingerprint density at radius 3 is 2.03 bits per heavy atom. The van der Waals surface area contributed by atoms with Crippen molar-refractivity contribution in [2.24, 2.45) is 5.92 Å². The van der Waals surface area contributed by atoms with Crippen LogP contribution in [0.4, 0.5) is 0 Å². The molecule has 4 rings (SSSR count). The monoisotopic (exact) mass is 405 g/mol. The van der Waals surface area contributed by atoms with Gasteiger partial charge in [0.05, 0.1) is 0 Å². The Morgan fingerprint density at radius 2 is 1.38 bits per heavy atom. The van der Waals surface area contributed by atoms with E-state index in [1.54, 1.807) is 0 Å². The number of piperidine rings is 2. The highest BCUT2D eigenvalue weighted by atomic mass is 15.3. The van der Waals surface area contributed by atoms with Crippen LogP contribution in [0, 0.1) is 5.92 Å². The topological polar surface area (TPSA) is 16.2 Å². The molecule has 5 nitrogen and oxygen atoms in total. The van der Waals surface area contributed by atoms with Crippen LogP contribution in [-0.2, 0) is 0 Å². The third kappa shape index (κ3) is 5.54. The number of hydrogen-bond donors (Lipinski definition) is 0. The molecule has 0 spiro atoms. The van der Waals surface area contributed by atoms with Crippen molar-refractivity contribution >= 4 is 0 Å². The van der Waals surface area contributed by atoms with Crippen molar-refractivity contribution in [2.75, 3.05) is 72.5 Å². The van der Waals surface area contributed by atoms with Gasteiger partial charge in [-0.3, -0.25) is 14.7 Å². The number of likely N-dealkylation sites (tertiary alicyclic amines) is 3. The lowest BCUT2D eigenvalue weighted by Crippen LogP contribution is -2.59. The molecular formula is C24H47N5. The summed E-state index contributed by atoms with van der Waals surface area (Å²) >= 11 is 0. The van der Waals surface area contributed by atoms with E-state index in [0.29, 0.717) is 6.04 Å². The SMILES string of the molecule is CC(C)N1CCCC(N2CC(CC(C)N3CCC(N4CCN(C)CC4)CC3)C2)C1. The maximum absolute atomic E-state index is 2.80. The van der Waals surface area contributed by atoms with E-state index in [1.165, 1.54) is 97.6 Å². The standard InChI is InChI=1S/C24H47N5/c1-20(2)28-9-5-6-24(19-28)29-17-22(18-29)16-21(3)26-10-7-23(8-11-26)27-14-12-25(4)13-15-27/h20-24H,5-19H2,1-4H3. The zero-order valence-electron chi connectivity index (χ0n) is 19.7. The first-order valence-corrected chi connectivity index (χ1v) is 12.6. The summed E-state index contributed by atoms with van der Waals surface area (Å²) in [5.41, 5.74) is 0. The first kappa shape index (κ1) is 22.0. The lowest BCUT2D eigenvalue weighted by atomic mass is 9.88. The maximum Gasteiger partial charge on any atom is 0.0224 e. The minimum absolute atomic E-state index is 0.712. The van der Waals surface area contributed by atoms with Gasteiger partial charge in [-0.1, -0.05) is 0 Å². The summed E-state index contributed by atoms with van der Waals surface area (Å²) < 4.78 is 0. The van der Waals surface area contributed by atoms with E-state index >= 15 is 0 Å². The van der Waals surface area contributed by atoms with Gasteiger partial charge in [-0.25, -0.2) is 0 Å². The number of piperazine rings is 1. The van der Waals surface area contributed by atoms with E-state index in [1.807, 2.05) is 0 Å². The van der Waals surface area contributed by atoms with Crippen LogP contribution in [-0.4, -0.2) is 121 Å². The van der Waals surface area contributed by atoms with Crippen molar-refractivity contribution in [3.05, 3.63) is 0 Å². The first-order valence-electron chi connectivity index (χ1n) is 12.6. The van der Waals surface area contributed by atoms with Gasteiger partial charge in [0, 0.05) is 70.0 Å². The molecule has 0 bridgehead atoms. The van der Waals surface area contributed by atoms with Crippen LogP contribution in [0.3, 0.4) is 0 Å². The molecule has 0 aromatic heterocycles. The molecule has 4 fully saturated rings. The summed E-state index contributed by atoms with van der Waals surface area (Å²) in [6, 6.07) is 3.16. The molecule has 0 saturated carbocycles. The number of likely N-dealkylation sites (N-methyl/N-ethyl adjacent to an activating group) is 1. The highest BCUT2D eigenvalue weighted by molar-refractivity contribution is 4.92. The van der Waals surface area contributed by atoms with Crippen LogP contribution in [0.5, 0.6) is 0 Å². The van der Waals surface area contributed by atoms with Crippen molar-refractivity contribution in [3.63, 3.8) is 0 Å². The highest BCUT2D eigenvalue weighted by Crippen LogP contribution is 2.29. The Kier molecular flexibility index (Phi) is 7.55. The van der Waals surface area contributed by atoms with Crippen LogP contribution < -0.4 is 0 Å². The van der Waals surface area contributed by atoms with Crippen molar-refractivity contribution in [3.8, 4) is 0 Å². The third-order valence-corrected chi connectivity index (χ3v) is 8.51. The first-order chi connectivity index (χ1) is 14.0. The molecule has 0 N–H and O–H groups in total. The van der Waals surface area contributed by atoms with Gasteiger partial charge in [0.25, 0.3) is 0 Å². The van der Waals surface area contributed by atoms with Crippen LogP contribution >= 0.6 is 0 Å². The van der Waals surface area contributed by atoms with E-state index in [0.717, 1.165) is 24.0 Å². The summed E-state index contributed by atoms with van der Waals surface area (Å²) in [7, 11) is 2.26. The molecular weight excluding hydrogens is 358 g/mol. The average molecular weight is 406 g/mol. The number of nitrogens with zero attached hydrogens (tertiary/aromatic N) is 5. The molecule has 29 heavy (non-hydrogen) atoms. The zero-order valence-corrected chi connectivity index (χ0v) is 19.7.